The van der Waals surface area contributed by atoms with Gasteiger partial charge in [0.15, 0.2) is 5.65 Å². The van der Waals surface area contributed by atoms with Gasteiger partial charge < -0.3 is 16.2 Å². The first kappa shape index (κ1) is 22.2. The molecule has 0 unspecified atom stereocenters. The van der Waals surface area contributed by atoms with E-state index in [1.807, 2.05) is 4.57 Å². The second-order valence-electron chi connectivity index (χ2n) is 9.50. The molecule has 2 aromatic heterocycles. The lowest BCUT2D eigenvalue weighted by Gasteiger charge is -2.28. The summed E-state index contributed by atoms with van der Waals surface area (Å²) in [6.07, 6.45) is 9.38. The molecule has 0 atom stereocenters. The van der Waals surface area contributed by atoms with Crippen LogP contribution >= 0.6 is 0 Å². The number of aliphatic hydroxyl groups excluding tert-OH is 1. The maximum Gasteiger partial charge on any atom is 0.210 e. The van der Waals surface area contributed by atoms with E-state index in [1.54, 1.807) is 6.20 Å². The van der Waals surface area contributed by atoms with Crippen LogP contribution in [0.4, 0.5) is 20.4 Å². The summed E-state index contributed by atoms with van der Waals surface area (Å²) >= 11 is 0. The molecule has 0 radical (unpaired) electrons. The van der Waals surface area contributed by atoms with E-state index in [9.17, 15) is 13.9 Å². The van der Waals surface area contributed by atoms with E-state index in [4.69, 9.17) is 10.7 Å². The Hall–Kier alpha value is -2.65. The SMILES string of the molecule is NC1CCC(Cc2ncc3nc(Nc4ccc(F)cc4F)n(C4CCC(O)CC4)c3n2)CC1. The molecule has 7 nitrogen and oxygen atoms in total. The molecule has 5 rings (SSSR count). The van der Waals surface area contributed by atoms with Crippen molar-refractivity contribution in [3.8, 4) is 0 Å². The molecule has 9 heteroatoms. The fourth-order valence-electron chi connectivity index (χ4n) is 5.14. The minimum absolute atomic E-state index is 0.0693. The van der Waals surface area contributed by atoms with E-state index in [-0.39, 0.29) is 17.8 Å². The normalized spacial score (nSPS) is 25.9. The minimum Gasteiger partial charge on any atom is -0.393 e. The van der Waals surface area contributed by atoms with Crippen LogP contribution in [0.25, 0.3) is 11.2 Å². The molecule has 0 amide bonds. The number of hydrogen-bond donors (Lipinski definition) is 3. The number of benzene rings is 1. The fourth-order valence-corrected chi connectivity index (χ4v) is 5.14. The maximum atomic E-state index is 14.4. The summed E-state index contributed by atoms with van der Waals surface area (Å²) in [4.78, 5) is 14.1. The minimum atomic E-state index is -0.685. The standard InChI is InChI=1S/C24H30F2N6O/c25-15-3-10-20(19(26)12-15)29-24-30-21-13-28-22(11-14-1-4-16(27)5-2-14)31-23(21)32(24)17-6-8-18(33)9-7-17/h3,10,12-14,16-18,33H,1-2,4-9,11,27H2,(H,29,30). The highest BCUT2D eigenvalue weighted by Crippen LogP contribution is 2.35. The largest absolute Gasteiger partial charge is 0.393 e. The number of fused-ring (bicyclic) bond motifs is 1. The first-order chi connectivity index (χ1) is 16.0. The topological polar surface area (TPSA) is 102 Å². The van der Waals surface area contributed by atoms with Crippen molar-refractivity contribution in [3.05, 3.63) is 41.9 Å². The highest BCUT2D eigenvalue weighted by molar-refractivity contribution is 5.75. The first-order valence-corrected chi connectivity index (χ1v) is 11.9. The van der Waals surface area contributed by atoms with Crippen LogP contribution in [-0.4, -0.2) is 36.8 Å². The zero-order chi connectivity index (χ0) is 22.9. The second-order valence-corrected chi connectivity index (χ2v) is 9.50. The van der Waals surface area contributed by atoms with Crippen LogP contribution in [0.5, 0.6) is 0 Å². The number of nitrogens with one attached hydrogen (secondary N) is 1. The van der Waals surface area contributed by atoms with E-state index in [0.29, 0.717) is 41.9 Å². The Kier molecular flexibility index (Phi) is 6.25. The van der Waals surface area contributed by atoms with Crippen LogP contribution in [0.15, 0.2) is 24.4 Å². The smallest absolute Gasteiger partial charge is 0.210 e. The molecule has 33 heavy (non-hydrogen) atoms. The number of nitrogens with zero attached hydrogens (tertiary/aromatic N) is 4. The van der Waals surface area contributed by atoms with Gasteiger partial charge in [-0.15, -0.1) is 0 Å². The Morgan fingerprint density at radius 3 is 2.52 bits per heavy atom. The molecule has 1 aromatic carbocycles. The van der Waals surface area contributed by atoms with Gasteiger partial charge in [-0.3, -0.25) is 4.57 Å². The summed E-state index contributed by atoms with van der Waals surface area (Å²) in [5.41, 5.74) is 7.53. The average Bonchev–Trinajstić information content (AvgIpc) is 3.15. The lowest BCUT2D eigenvalue weighted by molar-refractivity contribution is 0.112. The van der Waals surface area contributed by atoms with E-state index in [2.05, 4.69) is 15.3 Å². The third kappa shape index (κ3) is 4.84. The van der Waals surface area contributed by atoms with Gasteiger partial charge in [-0.25, -0.2) is 23.7 Å². The van der Waals surface area contributed by atoms with Crippen LogP contribution in [0.3, 0.4) is 0 Å². The lowest BCUT2D eigenvalue weighted by Crippen LogP contribution is -2.27. The van der Waals surface area contributed by atoms with Gasteiger partial charge in [0.05, 0.1) is 18.0 Å². The van der Waals surface area contributed by atoms with Crippen LogP contribution < -0.4 is 11.1 Å². The highest BCUT2D eigenvalue weighted by Gasteiger charge is 2.27. The molecular formula is C24H30F2N6O. The quantitative estimate of drug-likeness (QED) is 0.527. The van der Waals surface area contributed by atoms with Crippen molar-refractivity contribution >= 4 is 22.8 Å². The summed E-state index contributed by atoms with van der Waals surface area (Å²) in [6, 6.07) is 3.79. The van der Waals surface area contributed by atoms with Crippen molar-refractivity contribution in [1.82, 2.24) is 19.5 Å². The van der Waals surface area contributed by atoms with Crippen LogP contribution in [-0.2, 0) is 6.42 Å². The molecule has 3 aromatic rings. The Morgan fingerprint density at radius 2 is 1.79 bits per heavy atom. The summed E-state index contributed by atoms with van der Waals surface area (Å²) in [7, 11) is 0. The Balaban J connectivity index is 1.49. The molecule has 0 spiro atoms. The van der Waals surface area contributed by atoms with E-state index < -0.39 is 11.6 Å². The number of imidazole rings is 1. The van der Waals surface area contributed by atoms with Crippen LogP contribution in [0.1, 0.15) is 63.2 Å². The summed E-state index contributed by atoms with van der Waals surface area (Å²) in [5, 5.41) is 13.0. The summed E-state index contributed by atoms with van der Waals surface area (Å²) in [5.74, 6) is 0.433. The van der Waals surface area contributed by atoms with Crippen molar-refractivity contribution in [3.63, 3.8) is 0 Å². The van der Waals surface area contributed by atoms with Crippen molar-refractivity contribution < 1.29 is 13.9 Å². The highest BCUT2D eigenvalue weighted by atomic mass is 19.1. The van der Waals surface area contributed by atoms with Crippen LogP contribution in [0.2, 0.25) is 0 Å². The molecule has 0 aliphatic heterocycles. The predicted octanol–water partition coefficient (Wildman–Crippen LogP) is 4.38. The number of hydrogen-bond acceptors (Lipinski definition) is 6. The second kappa shape index (κ2) is 9.30. The number of rotatable bonds is 5. The van der Waals surface area contributed by atoms with Gasteiger partial charge in [0.2, 0.25) is 5.95 Å². The average molecular weight is 457 g/mol. The van der Waals surface area contributed by atoms with Gasteiger partial charge in [-0.1, -0.05) is 0 Å². The number of aromatic nitrogens is 4. The lowest BCUT2D eigenvalue weighted by atomic mass is 9.84. The summed E-state index contributed by atoms with van der Waals surface area (Å²) in [6.45, 7) is 0. The third-order valence-electron chi connectivity index (χ3n) is 7.05. The third-order valence-corrected chi connectivity index (χ3v) is 7.05. The van der Waals surface area contributed by atoms with Crippen molar-refractivity contribution in [2.45, 2.75) is 76.0 Å². The van der Waals surface area contributed by atoms with E-state index in [1.165, 1.54) is 12.1 Å². The summed E-state index contributed by atoms with van der Waals surface area (Å²) < 4.78 is 29.7. The van der Waals surface area contributed by atoms with Gasteiger partial charge >= 0.3 is 0 Å². The van der Waals surface area contributed by atoms with Crippen LogP contribution in [0, 0.1) is 17.6 Å². The molecular weight excluding hydrogens is 426 g/mol. The number of halogens is 2. The fraction of sp³-hybridized carbons (Fsp3) is 0.542. The van der Waals surface area contributed by atoms with Gasteiger partial charge in [0, 0.05) is 24.6 Å². The monoisotopic (exact) mass is 456 g/mol. The van der Waals surface area contributed by atoms with Gasteiger partial charge in [0.25, 0.3) is 0 Å². The molecule has 176 valence electrons. The van der Waals surface area contributed by atoms with Gasteiger partial charge in [-0.2, -0.15) is 0 Å². The van der Waals surface area contributed by atoms with Gasteiger partial charge in [-0.05, 0) is 69.4 Å². The molecule has 2 saturated carbocycles. The van der Waals surface area contributed by atoms with Crippen molar-refractivity contribution in [2.24, 2.45) is 11.7 Å². The van der Waals surface area contributed by atoms with Crippen molar-refractivity contribution in [1.29, 1.82) is 0 Å². The maximum absolute atomic E-state index is 14.4. The van der Waals surface area contributed by atoms with Gasteiger partial charge in [0.1, 0.15) is 23.0 Å². The zero-order valence-electron chi connectivity index (χ0n) is 18.6. The molecule has 4 N–H and O–H groups in total. The number of nitrogens with two attached hydrogens (primary N) is 1. The van der Waals surface area contributed by atoms with E-state index >= 15 is 0 Å². The molecule has 0 bridgehead atoms. The molecule has 2 fully saturated rings. The number of aliphatic hydroxyl groups is 1. The Labute approximate surface area is 191 Å². The van der Waals surface area contributed by atoms with E-state index in [0.717, 1.165) is 56.8 Å². The van der Waals surface area contributed by atoms with Crippen molar-refractivity contribution in [2.75, 3.05) is 5.32 Å². The molecule has 2 aliphatic carbocycles. The molecule has 2 aliphatic rings. The Morgan fingerprint density at radius 1 is 1.03 bits per heavy atom. The number of anilines is 2. The zero-order valence-corrected chi connectivity index (χ0v) is 18.6. The predicted molar refractivity (Wildman–Crippen MR) is 122 cm³/mol. The molecule has 2 heterocycles. The Bertz CT molecular complexity index is 1120. The first-order valence-electron chi connectivity index (χ1n) is 11.9. The molecule has 0 saturated heterocycles.